The number of aryl methyl sites for hydroxylation is 2. The summed E-state index contributed by atoms with van der Waals surface area (Å²) in [5.74, 6) is 0. The van der Waals surface area contributed by atoms with Crippen molar-refractivity contribution in [3.63, 3.8) is 0 Å². The minimum Gasteiger partial charge on any atom is -0.354 e. The van der Waals surface area contributed by atoms with Crippen LogP contribution in [0.25, 0.3) is 0 Å². The van der Waals surface area contributed by atoms with Crippen LogP contribution in [0, 0.1) is 0 Å². The summed E-state index contributed by atoms with van der Waals surface area (Å²) < 4.78 is 4.61. The molecule has 0 saturated heterocycles. The molecule has 0 radical (unpaired) electrons. The van der Waals surface area contributed by atoms with E-state index in [0.717, 1.165) is 36.9 Å². The van der Waals surface area contributed by atoms with Gasteiger partial charge in [0.05, 0.1) is 10.7 Å². The van der Waals surface area contributed by atoms with E-state index in [1.807, 2.05) is 0 Å². The van der Waals surface area contributed by atoms with Gasteiger partial charge in [-0.15, -0.1) is 34.0 Å². The summed E-state index contributed by atoms with van der Waals surface area (Å²) in [6.45, 7) is 8.67. The summed E-state index contributed by atoms with van der Waals surface area (Å²) >= 11 is 0. The van der Waals surface area contributed by atoms with Crippen molar-refractivity contribution in [2.75, 3.05) is 13.1 Å². The molecule has 0 unspecified atom stereocenters. The SMILES string of the molecule is Br.Br.CCCCCCN=c1ccn(CCCCCCCCCn2ccc(=NCCCCCC)cc2)cc1. The van der Waals surface area contributed by atoms with Crippen LogP contribution in [0.2, 0.25) is 0 Å². The molecule has 0 aliphatic heterocycles. The summed E-state index contributed by atoms with van der Waals surface area (Å²) in [7, 11) is 0. The molecule has 0 atom stereocenters. The minimum absolute atomic E-state index is 0. The van der Waals surface area contributed by atoms with Crippen LogP contribution in [0.1, 0.15) is 110 Å². The Morgan fingerprint density at radius 3 is 1.14 bits per heavy atom. The molecule has 0 spiro atoms. The number of pyridine rings is 2. The second-order valence-electron chi connectivity index (χ2n) is 9.95. The fourth-order valence-corrected chi connectivity index (χ4v) is 4.37. The predicted octanol–water partition coefficient (Wildman–Crippen LogP) is 8.84. The van der Waals surface area contributed by atoms with Crippen molar-refractivity contribution >= 4 is 34.0 Å². The van der Waals surface area contributed by atoms with Gasteiger partial charge >= 0.3 is 0 Å². The first-order valence-electron chi connectivity index (χ1n) is 14.6. The van der Waals surface area contributed by atoms with E-state index >= 15 is 0 Å². The lowest BCUT2D eigenvalue weighted by molar-refractivity contribution is 0.527. The van der Waals surface area contributed by atoms with Gasteiger partial charge in [-0.25, -0.2) is 0 Å². The van der Waals surface area contributed by atoms with E-state index in [9.17, 15) is 0 Å². The summed E-state index contributed by atoms with van der Waals surface area (Å²) in [5, 5.41) is 2.25. The molecule has 212 valence electrons. The zero-order valence-corrected chi connectivity index (χ0v) is 27.1. The van der Waals surface area contributed by atoms with E-state index in [4.69, 9.17) is 0 Å². The Labute approximate surface area is 248 Å². The quantitative estimate of drug-likeness (QED) is 0.129. The maximum atomic E-state index is 4.69. The molecule has 0 aliphatic rings. The third kappa shape index (κ3) is 18.7. The van der Waals surface area contributed by atoms with Gasteiger partial charge in [0.25, 0.3) is 0 Å². The van der Waals surface area contributed by atoms with Crippen LogP contribution in [0.3, 0.4) is 0 Å². The molecule has 2 heterocycles. The summed E-state index contributed by atoms with van der Waals surface area (Å²) in [4.78, 5) is 9.37. The molecule has 2 aromatic heterocycles. The predicted molar refractivity (Wildman–Crippen MR) is 171 cm³/mol. The monoisotopic (exact) mass is 640 g/mol. The van der Waals surface area contributed by atoms with Crippen LogP contribution in [0.15, 0.2) is 59.0 Å². The van der Waals surface area contributed by atoms with Gasteiger partial charge in [0, 0.05) is 51.0 Å². The van der Waals surface area contributed by atoms with Crippen molar-refractivity contribution < 1.29 is 0 Å². The maximum Gasteiger partial charge on any atom is 0.0603 e. The highest BCUT2D eigenvalue weighted by atomic mass is 79.9. The van der Waals surface area contributed by atoms with Gasteiger partial charge in [-0.1, -0.05) is 84.5 Å². The molecule has 37 heavy (non-hydrogen) atoms. The lowest BCUT2D eigenvalue weighted by Crippen LogP contribution is -2.07. The first kappa shape index (κ1) is 35.9. The Morgan fingerprint density at radius 2 is 0.784 bits per heavy atom. The zero-order chi connectivity index (χ0) is 24.8. The number of unbranched alkanes of at least 4 members (excludes halogenated alkanes) is 12. The molecule has 2 rings (SSSR count). The van der Waals surface area contributed by atoms with E-state index in [0.29, 0.717) is 0 Å². The molecular weight excluding hydrogens is 588 g/mol. The Hall–Kier alpha value is -1.14. The minimum atomic E-state index is 0. The number of halogens is 2. The van der Waals surface area contributed by atoms with Gasteiger partial charge in [0.1, 0.15) is 0 Å². The number of rotatable bonds is 20. The van der Waals surface area contributed by atoms with Crippen molar-refractivity contribution in [1.82, 2.24) is 9.13 Å². The zero-order valence-electron chi connectivity index (χ0n) is 23.7. The lowest BCUT2D eigenvalue weighted by Gasteiger charge is -2.07. The molecule has 6 heteroatoms. The van der Waals surface area contributed by atoms with Crippen molar-refractivity contribution in [3.8, 4) is 0 Å². The average Bonchev–Trinajstić information content (AvgIpc) is 2.89. The third-order valence-corrected chi connectivity index (χ3v) is 6.69. The Bertz CT molecular complexity index is 790. The van der Waals surface area contributed by atoms with E-state index < -0.39 is 0 Å². The van der Waals surface area contributed by atoms with Crippen LogP contribution in [-0.4, -0.2) is 22.2 Å². The van der Waals surface area contributed by atoms with Crippen molar-refractivity contribution in [1.29, 1.82) is 0 Å². The second-order valence-corrected chi connectivity index (χ2v) is 9.95. The van der Waals surface area contributed by atoms with Gasteiger partial charge in [0.2, 0.25) is 0 Å². The Balaban J connectivity index is 0.00000648. The van der Waals surface area contributed by atoms with Gasteiger partial charge in [0.15, 0.2) is 0 Å². The van der Waals surface area contributed by atoms with Crippen LogP contribution in [-0.2, 0) is 13.1 Å². The number of hydrogen-bond donors (Lipinski definition) is 0. The summed E-state index contributed by atoms with van der Waals surface area (Å²) in [6.07, 6.45) is 28.3. The number of hydrogen-bond acceptors (Lipinski definition) is 2. The first-order valence-corrected chi connectivity index (χ1v) is 14.6. The highest BCUT2D eigenvalue weighted by Gasteiger charge is 1.95. The van der Waals surface area contributed by atoms with E-state index in [1.165, 1.54) is 96.3 Å². The van der Waals surface area contributed by atoms with Crippen LogP contribution < -0.4 is 10.7 Å². The molecule has 0 fully saturated rings. The van der Waals surface area contributed by atoms with Gasteiger partial charge in [-0.05, 0) is 49.9 Å². The lowest BCUT2D eigenvalue weighted by atomic mass is 10.1. The number of nitrogens with zero attached hydrogens (tertiary/aromatic N) is 4. The van der Waals surface area contributed by atoms with Crippen molar-refractivity contribution in [2.45, 2.75) is 123 Å². The van der Waals surface area contributed by atoms with Crippen molar-refractivity contribution in [3.05, 3.63) is 59.8 Å². The highest BCUT2D eigenvalue weighted by Crippen LogP contribution is 2.09. The smallest absolute Gasteiger partial charge is 0.0603 e. The normalized spacial score (nSPS) is 10.4. The van der Waals surface area contributed by atoms with Crippen LogP contribution in [0.5, 0.6) is 0 Å². The van der Waals surface area contributed by atoms with Crippen LogP contribution in [0.4, 0.5) is 0 Å². The molecular formula is C31H54Br2N4. The van der Waals surface area contributed by atoms with E-state index in [1.54, 1.807) is 0 Å². The molecule has 4 nitrogen and oxygen atoms in total. The Kier molecular flexibility index (Phi) is 24.4. The number of aromatic nitrogens is 2. The molecule has 0 aromatic carbocycles. The average molecular weight is 643 g/mol. The van der Waals surface area contributed by atoms with E-state index in [2.05, 4.69) is 82.0 Å². The maximum absolute atomic E-state index is 4.69. The van der Waals surface area contributed by atoms with Gasteiger partial charge < -0.3 is 9.13 Å². The fourth-order valence-electron chi connectivity index (χ4n) is 4.37. The van der Waals surface area contributed by atoms with Crippen molar-refractivity contribution in [2.24, 2.45) is 9.98 Å². The van der Waals surface area contributed by atoms with Gasteiger partial charge in [-0.3, -0.25) is 9.98 Å². The Morgan fingerprint density at radius 1 is 0.459 bits per heavy atom. The standard InChI is InChI=1S/C31H52N4.2BrH/c1-3-5-7-14-22-32-30-18-26-34(27-19-30)24-16-12-10-9-11-13-17-25-35-28-20-31(21-29-35)33-23-15-8-6-4-2;;/h18-21,26-29H,3-17,22-25H2,1-2H3;2*1H. The fraction of sp³-hybridized carbons (Fsp3) is 0.677. The summed E-state index contributed by atoms with van der Waals surface area (Å²) in [5.41, 5.74) is 0. The molecule has 0 amide bonds. The topological polar surface area (TPSA) is 34.6 Å². The molecule has 0 bridgehead atoms. The largest absolute Gasteiger partial charge is 0.354 e. The molecule has 0 N–H and O–H groups in total. The first-order chi connectivity index (χ1) is 17.3. The highest BCUT2D eigenvalue weighted by molar-refractivity contribution is 8.93. The van der Waals surface area contributed by atoms with Gasteiger partial charge in [-0.2, -0.15) is 0 Å². The van der Waals surface area contributed by atoms with E-state index in [-0.39, 0.29) is 34.0 Å². The molecule has 0 aliphatic carbocycles. The van der Waals surface area contributed by atoms with Crippen LogP contribution >= 0.6 is 34.0 Å². The molecule has 2 aromatic rings. The molecule has 0 saturated carbocycles. The second kappa shape index (κ2) is 25.2. The third-order valence-electron chi connectivity index (χ3n) is 6.69. The summed E-state index contributed by atoms with van der Waals surface area (Å²) in [6, 6.07) is 8.65.